The zero-order valence-corrected chi connectivity index (χ0v) is 11.6. The first-order chi connectivity index (χ1) is 8.50. The van der Waals surface area contributed by atoms with Crippen molar-refractivity contribution in [2.24, 2.45) is 0 Å². The van der Waals surface area contributed by atoms with E-state index in [0.717, 1.165) is 5.56 Å². The zero-order chi connectivity index (χ0) is 13.3. The van der Waals surface area contributed by atoms with Crippen molar-refractivity contribution in [2.75, 3.05) is 14.1 Å². The molecular weight excluding hydrogens is 248 g/mol. The molecule has 4 nitrogen and oxygen atoms in total. The normalized spacial score (nSPS) is 27.9. The first kappa shape index (κ1) is 13.3. The minimum Gasteiger partial charge on any atom is -0.195 e. The maximum atomic E-state index is 12.2. The third kappa shape index (κ3) is 2.21. The average Bonchev–Trinajstić information content (AvgIpc) is 3.05. The number of benzene rings is 1. The summed E-state index contributed by atoms with van der Waals surface area (Å²) < 4.78 is 27.1. The largest absolute Gasteiger partial charge is 0.282 e. The fourth-order valence-corrected chi connectivity index (χ4v) is 3.45. The van der Waals surface area contributed by atoms with E-state index >= 15 is 0 Å². The van der Waals surface area contributed by atoms with Crippen LogP contribution in [-0.4, -0.2) is 37.2 Å². The minimum atomic E-state index is -3.36. The van der Waals surface area contributed by atoms with Crippen LogP contribution in [0.4, 0.5) is 0 Å². The van der Waals surface area contributed by atoms with E-state index in [1.165, 1.54) is 8.61 Å². The Morgan fingerprint density at radius 1 is 1.22 bits per heavy atom. The van der Waals surface area contributed by atoms with E-state index in [1.807, 2.05) is 49.4 Å². The third-order valence-electron chi connectivity index (χ3n) is 3.06. The lowest BCUT2D eigenvalue weighted by molar-refractivity contribution is 0.476. The Morgan fingerprint density at radius 3 is 2.33 bits per heavy atom. The van der Waals surface area contributed by atoms with Crippen molar-refractivity contribution >= 4 is 10.2 Å². The highest BCUT2D eigenvalue weighted by Crippen LogP contribution is 2.46. The summed E-state index contributed by atoms with van der Waals surface area (Å²) >= 11 is 0. The van der Waals surface area contributed by atoms with E-state index < -0.39 is 10.2 Å². The molecule has 0 radical (unpaired) electrons. The van der Waals surface area contributed by atoms with Crippen molar-refractivity contribution in [3.8, 4) is 0 Å². The van der Waals surface area contributed by atoms with Crippen molar-refractivity contribution in [1.29, 1.82) is 0 Å². The van der Waals surface area contributed by atoms with Crippen LogP contribution >= 0.6 is 0 Å². The zero-order valence-electron chi connectivity index (χ0n) is 10.8. The van der Waals surface area contributed by atoms with Gasteiger partial charge in [-0.15, -0.1) is 0 Å². The minimum absolute atomic E-state index is 0.0650. The van der Waals surface area contributed by atoms with Gasteiger partial charge in [0.1, 0.15) is 0 Å². The van der Waals surface area contributed by atoms with E-state index in [-0.39, 0.29) is 12.1 Å². The van der Waals surface area contributed by atoms with E-state index in [0.29, 0.717) is 0 Å². The highest BCUT2D eigenvalue weighted by molar-refractivity contribution is 7.87. The summed E-state index contributed by atoms with van der Waals surface area (Å²) in [5.74, 6) is 0. The first-order valence-electron chi connectivity index (χ1n) is 5.89. The predicted molar refractivity (Wildman–Crippen MR) is 72.2 cm³/mol. The Bertz CT molecular complexity index is 537. The fraction of sp³-hybridized carbons (Fsp3) is 0.385. The smallest absolute Gasteiger partial charge is 0.195 e. The van der Waals surface area contributed by atoms with Crippen molar-refractivity contribution < 1.29 is 8.42 Å². The van der Waals surface area contributed by atoms with Crippen LogP contribution < -0.4 is 0 Å². The van der Waals surface area contributed by atoms with Gasteiger partial charge >= 0.3 is 0 Å². The maximum Gasteiger partial charge on any atom is 0.282 e. The van der Waals surface area contributed by atoms with Gasteiger partial charge in [0.05, 0.1) is 12.1 Å². The van der Waals surface area contributed by atoms with Gasteiger partial charge in [-0.25, -0.2) is 0 Å². The van der Waals surface area contributed by atoms with Gasteiger partial charge in [-0.3, -0.25) is 0 Å². The van der Waals surface area contributed by atoms with E-state index in [1.54, 1.807) is 14.1 Å². The molecular formula is C13H18N2O2S. The molecule has 0 amide bonds. The maximum absolute atomic E-state index is 12.2. The monoisotopic (exact) mass is 266 g/mol. The summed E-state index contributed by atoms with van der Waals surface area (Å²) in [7, 11) is -0.241. The Labute approximate surface area is 109 Å². The fourth-order valence-electron chi connectivity index (χ4n) is 2.10. The van der Waals surface area contributed by atoms with Crippen molar-refractivity contribution in [1.82, 2.24) is 8.61 Å². The molecule has 0 spiro atoms. The Hall–Kier alpha value is -1.17. The molecule has 1 aromatic carbocycles. The number of allylic oxidation sites excluding steroid dienone is 1. The van der Waals surface area contributed by atoms with Crippen LogP contribution in [0.3, 0.4) is 0 Å². The average molecular weight is 266 g/mol. The molecule has 1 aliphatic heterocycles. The van der Waals surface area contributed by atoms with Gasteiger partial charge in [0.2, 0.25) is 0 Å². The molecule has 2 rings (SSSR count). The number of rotatable bonds is 4. The summed E-state index contributed by atoms with van der Waals surface area (Å²) in [6, 6.07) is 9.58. The lowest BCUT2D eigenvalue weighted by Gasteiger charge is -2.12. The van der Waals surface area contributed by atoms with Gasteiger partial charge in [0.15, 0.2) is 0 Å². The van der Waals surface area contributed by atoms with Crippen molar-refractivity contribution in [2.45, 2.75) is 19.0 Å². The Kier molecular flexibility index (Phi) is 3.56. The van der Waals surface area contributed by atoms with Gasteiger partial charge in [-0.1, -0.05) is 42.5 Å². The lowest BCUT2D eigenvalue weighted by atomic mass is 10.1. The predicted octanol–water partition coefficient (Wildman–Crippen LogP) is 1.79. The SMILES string of the molecule is C/C=C/[C@@H]1[C@@H](c2ccccc2)N1S(=O)(=O)N(C)C. The molecule has 1 saturated heterocycles. The molecule has 1 heterocycles. The molecule has 3 atom stereocenters. The molecule has 5 heteroatoms. The molecule has 1 unspecified atom stereocenters. The van der Waals surface area contributed by atoms with Gasteiger partial charge in [0.25, 0.3) is 10.2 Å². The topological polar surface area (TPSA) is 40.4 Å². The van der Waals surface area contributed by atoms with E-state index in [9.17, 15) is 8.42 Å². The third-order valence-corrected chi connectivity index (χ3v) is 4.99. The van der Waals surface area contributed by atoms with Gasteiger partial charge in [-0.2, -0.15) is 17.0 Å². The summed E-state index contributed by atoms with van der Waals surface area (Å²) in [6.45, 7) is 1.90. The molecule has 1 aliphatic rings. The number of hydrogen-bond acceptors (Lipinski definition) is 2. The summed E-state index contributed by atoms with van der Waals surface area (Å²) in [4.78, 5) is 0. The summed E-state index contributed by atoms with van der Waals surface area (Å²) in [5.41, 5.74) is 1.03. The highest BCUT2D eigenvalue weighted by atomic mass is 32.2. The molecule has 98 valence electrons. The second-order valence-electron chi connectivity index (χ2n) is 4.49. The molecule has 0 aromatic heterocycles. The Balaban J connectivity index is 2.32. The van der Waals surface area contributed by atoms with Crippen LogP contribution in [0.15, 0.2) is 42.5 Å². The second-order valence-corrected chi connectivity index (χ2v) is 6.54. The number of nitrogens with zero attached hydrogens (tertiary/aromatic N) is 2. The molecule has 18 heavy (non-hydrogen) atoms. The quantitative estimate of drug-likeness (QED) is 0.616. The van der Waals surface area contributed by atoms with Crippen LogP contribution in [-0.2, 0) is 10.2 Å². The van der Waals surface area contributed by atoms with Crippen LogP contribution in [0.2, 0.25) is 0 Å². The van der Waals surface area contributed by atoms with Gasteiger partial charge in [0, 0.05) is 14.1 Å². The van der Waals surface area contributed by atoms with Gasteiger partial charge in [-0.05, 0) is 12.5 Å². The molecule has 0 bridgehead atoms. The standard InChI is InChI=1S/C13H18N2O2S/c1-4-8-12-13(11-9-6-5-7-10-11)15(12)18(16,17)14(2)3/h4-10,12-13H,1-3H3/b8-4+/t12-,13-,15?/m1/s1. The molecule has 1 fully saturated rings. The van der Waals surface area contributed by atoms with Crippen molar-refractivity contribution in [3.63, 3.8) is 0 Å². The van der Waals surface area contributed by atoms with Crippen LogP contribution in [0.25, 0.3) is 0 Å². The number of hydrogen-bond donors (Lipinski definition) is 0. The van der Waals surface area contributed by atoms with Gasteiger partial charge < -0.3 is 0 Å². The molecule has 1 aromatic rings. The van der Waals surface area contributed by atoms with Crippen LogP contribution in [0, 0.1) is 0 Å². The molecule has 0 N–H and O–H groups in total. The summed E-state index contributed by atoms with van der Waals surface area (Å²) in [5, 5.41) is 0. The van der Waals surface area contributed by atoms with Crippen LogP contribution in [0.5, 0.6) is 0 Å². The first-order valence-corrected chi connectivity index (χ1v) is 7.28. The highest BCUT2D eigenvalue weighted by Gasteiger charge is 2.55. The van der Waals surface area contributed by atoms with E-state index in [4.69, 9.17) is 0 Å². The molecule has 0 aliphatic carbocycles. The van der Waals surface area contributed by atoms with Crippen molar-refractivity contribution in [3.05, 3.63) is 48.0 Å². The van der Waals surface area contributed by atoms with E-state index in [2.05, 4.69) is 0 Å². The Morgan fingerprint density at radius 2 is 1.83 bits per heavy atom. The second kappa shape index (κ2) is 4.84. The van der Waals surface area contributed by atoms with Crippen LogP contribution in [0.1, 0.15) is 18.5 Å². The lowest BCUT2D eigenvalue weighted by Crippen LogP contribution is -2.29. The molecule has 0 saturated carbocycles. The summed E-state index contributed by atoms with van der Waals surface area (Å²) in [6.07, 6.45) is 3.82.